The lowest BCUT2D eigenvalue weighted by Crippen LogP contribution is -2.63. The Kier molecular flexibility index (Phi) is 4.36. The van der Waals surface area contributed by atoms with E-state index in [2.05, 4.69) is 18.4 Å². The Morgan fingerprint density at radius 3 is 2.86 bits per heavy atom. The smallest absolute Gasteiger partial charge is 0.249 e. The number of rotatable bonds is 4. The molecule has 3 heterocycles. The average molecular weight is 304 g/mol. The summed E-state index contributed by atoms with van der Waals surface area (Å²) in [5.74, 6) is 0.0684. The van der Waals surface area contributed by atoms with Crippen LogP contribution < -0.4 is 0 Å². The van der Waals surface area contributed by atoms with Crippen LogP contribution in [0.25, 0.3) is 0 Å². The van der Waals surface area contributed by atoms with E-state index in [-0.39, 0.29) is 24.2 Å². The molecule has 0 radical (unpaired) electrons. The van der Waals surface area contributed by atoms with Gasteiger partial charge in [-0.25, -0.2) is 0 Å². The summed E-state index contributed by atoms with van der Waals surface area (Å²) in [6.07, 6.45) is 7.21. The van der Waals surface area contributed by atoms with Gasteiger partial charge < -0.3 is 14.1 Å². The topological polar surface area (TPSA) is 45.9 Å². The maximum absolute atomic E-state index is 12.0. The minimum atomic E-state index is -0.205. The maximum atomic E-state index is 12.0. The molecule has 2 aliphatic rings. The van der Waals surface area contributed by atoms with Crippen molar-refractivity contribution < 1.29 is 13.9 Å². The van der Waals surface area contributed by atoms with E-state index in [9.17, 15) is 4.79 Å². The summed E-state index contributed by atoms with van der Waals surface area (Å²) >= 11 is 0. The first-order valence-corrected chi connectivity index (χ1v) is 7.92. The van der Waals surface area contributed by atoms with Crippen molar-refractivity contribution >= 4 is 5.91 Å². The van der Waals surface area contributed by atoms with Gasteiger partial charge in [-0.2, -0.15) is 0 Å². The minimum Gasteiger partial charge on any atom is -0.472 e. The molecule has 1 aromatic rings. The number of piperidine rings is 1. The Morgan fingerprint density at radius 2 is 2.23 bits per heavy atom. The lowest BCUT2D eigenvalue weighted by atomic mass is 9.82. The Hall–Kier alpha value is -1.59. The standard InChI is InChI=1S/C17H24N2O3/c1-3-7-19-14(2)17(22-13-16(19)20)5-8-18(9-6-17)11-15-4-10-21-12-15/h3-4,10,12,14H,1,5-9,11,13H2,2H3. The summed E-state index contributed by atoms with van der Waals surface area (Å²) in [7, 11) is 0. The van der Waals surface area contributed by atoms with Gasteiger partial charge in [0.05, 0.1) is 24.2 Å². The molecule has 1 atom stereocenters. The lowest BCUT2D eigenvalue weighted by molar-refractivity contribution is -0.185. The van der Waals surface area contributed by atoms with Crippen molar-refractivity contribution in [3.05, 3.63) is 36.8 Å². The third-order valence-corrected chi connectivity index (χ3v) is 5.05. The first-order valence-electron chi connectivity index (χ1n) is 7.92. The SMILES string of the molecule is C=CCN1C(=O)COC2(CCN(Cc3ccoc3)CC2)C1C. The second kappa shape index (κ2) is 6.26. The van der Waals surface area contributed by atoms with E-state index in [0.717, 1.165) is 32.5 Å². The number of carbonyl (C=O) groups excluding carboxylic acids is 1. The van der Waals surface area contributed by atoms with Crippen molar-refractivity contribution in [2.45, 2.75) is 38.0 Å². The fourth-order valence-electron chi connectivity index (χ4n) is 3.60. The summed E-state index contributed by atoms with van der Waals surface area (Å²) < 4.78 is 11.2. The highest BCUT2D eigenvalue weighted by atomic mass is 16.5. The van der Waals surface area contributed by atoms with E-state index in [1.807, 2.05) is 11.0 Å². The Morgan fingerprint density at radius 1 is 1.45 bits per heavy atom. The number of likely N-dealkylation sites (tertiary alicyclic amines) is 1. The molecule has 5 heteroatoms. The summed E-state index contributed by atoms with van der Waals surface area (Å²) in [5.41, 5.74) is 1.00. The molecule has 0 aliphatic carbocycles. The zero-order chi connectivity index (χ0) is 15.6. The van der Waals surface area contributed by atoms with Crippen LogP contribution in [0.4, 0.5) is 0 Å². The number of ether oxygens (including phenoxy) is 1. The van der Waals surface area contributed by atoms with Crippen molar-refractivity contribution in [1.82, 2.24) is 9.80 Å². The molecule has 5 nitrogen and oxygen atoms in total. The third-order valence-electron chi connectivity index (χ3n) is 5.05. The van der Waals surface area contributed by atoms with E-state index in [1.165, 1.54) is 5.56 Å². The number of hydrogen-bond donors (Lipinski definition) is 0. The van der Waals surface area contributed by atoms with Crippen molar-refractivity contribution in [3.8, 4) is 0 Å². The molecule has 2 fully saturated rings. The number of morpholine rings is 1. The van der Waals surface area contributed by atoms with Crippen LogP contribution in [0.5, 0.6) is 0 Å². The van der Waals surface area contributed by atoms with E-state index in [0.29, 0.717) is 6.54 Å². The molecule has 2 saturated heterocycles. The van der Waals surface area contributed by atoms with Crippen molar-refractivity contribution in [2.75, 3.05) is 26.2 Å². The molecule has 1 spiro atoms. The van der Waals surface area contributed by atoms with Crippen molar-refractivity contribution in [2.24, 2.45) is 0 Å². The molecule has 22 heavy (non-hydrogen) atoms. The fraction of sp³-hybridized carbons (Fsp3) is 0.588. The van der Waals surface area contributed by atoms with Crippen LogP contribution in [-0.4, -0.2) is 53.6 Å². The highest BCUT2D eigenvalue weighted by Crippen LogP contribution is 2.35. The monoisotopic (exact) mass is 304 g/mol. The molecule has 0 saturated carbocycles. The van der Waals surface area contributed by atoms with Gasteiger partial charge in [0, 0.05) is 31.7 Å². The van der Waals surface area contributed by atoms with E-state index in [1.54, 1.807) is 18.6 Å². The quantitative estimate of drug-likeness (QED) is 0.799. The molecular weight excluding hydrogens is 280 g/mol. The first kappa shape index (κ1) is 15.3. The summed E-state index contributed by atoms with van der Waals surface area (Å²) in [4.78, 5) is 16.4. The van der Waals surface area contributed by atoms with Crippen molar-refractivity contribution in [1.29, 1.82) is 0 Å². The maximum Gasteiger partial charge on any atom is 0.249 e. The zero-order valence-electron chi connectivity index (χ0n) is 13.2. The molecule has 1 amide bonds. The van der Waals surface area contributed by atoms with E-state index < -0.39 is 0 Å². The minimum absolute atomic E-state index is 0.0684. The first-order chi connectivity index (χ1) is 10.6. The zero-order valence-corrected chi connectivity index (χ0v) is 13.2. The van der Waals surface area contributed by atoms with Crippen LogP contribution in [-0.2, 0) is 16.1 Å². The Bertz CT molecular complexity index is 518. The van der Waals surface area contributed by atoms with Gasteiger partial charge in [-0.3, -0.25) is 9.69 Å². The number of hydrogen-bond acceptors (Lipinski definition) is 4. The van der Waals surface area contributed by atoms with Crippen molar-refractivity contribution in [3.63, 3.8) is 0 Å². The second-order valence-electron chi connectivity index (χ2n) is 6.27. The number of furan rings is 1. The fourth-order valence-corrected chi connectivity index (χ4v) is 3.60. The van der Waals surface area contributed by atoms with Crippen LogP contribution >= 0.6 is 0 Å². The molecule has 0 aromatic carbocycles. The summed E-state index contributed by atoms with van der Waals surface area (Å²) in [5, 5.41) is 0. The molecule has 2 aliphatic heterocycles. The van der Waals surface area contributed by atoms with Gasteiger partial charge in [0.15, 0.2) is 0 Å². The average Bonchev–Trinajstić information content (AvgIpc) is 3.03. The molecular formula is C17H24N2O3. The normalized spacial score (nSPS) is 25.6. The van der Waals surface area contributed by atoms with Gasteiger partial charge >= 0.3 is 0 Å². The van der Waals surface area contributed by atoms with Gasteiger partial charge in [0.25, 0.3) is 0 Å². The summed E-state index contributed by atoms with van der Waals surface area (Å²) in [6.45, 7) is 9.53. The van der Waals surface area contributed by atoms with Crippen LogP contribution in [0.2, 0.25) is 0 Å². The molecule has 0 N–H and O–H groups in total. The highest BCUT2D eigenvalue weighted by Gasteiger charge is 2.47. The molecule has 1 aromatic heterocycles. The van der Waals surface area contributed by atoms with Gasteiger partial charge in [-0.15, -0.1) is 6.58 Å². The van der Waals surface area contributed by atoms with Crippen LogP contribution in [0.1, 0.15) is 25.3 Å². The second-order valence-corrected chi connectivity index (χ2v) is 6.27. The van der Waals surface area contributed by atoms with Gasteiger partial charge in [0.2, 0.25) is 5.91 Å². The summed E-state index contributed by atoms with van der Waals surface area (Å²) in [6, 6.07) is 2.11. The van der Waals surface area contributed by atoms with Gasteiger partial charge in [-0.1, -0.05) is 6.08 Å². The molecule has 3 rings (SSSR count). The van der Waals surface area contributed by atoms with Crippen LogP contribution in [0.15, 0.2) is 35.7 Å². The highest BCUT2D eigenvalue weighted by molar-refractivity contribution is 5.79. The van der Waals surface area contributed by atoms with E-state index in [4.69, 9.17) is 9.15 Å². The number of carbonyl (C=O) groups is 1. The largest absolute Gasteiger partial charge is 0.472 e. The van der Waals surface area contributed by atoms with Gasteiger partial charge in [-0.05, 0) is 25.8 Å². The Balaban J connectivity index is 1.63. The molecule has 0 bridgehead atoms. The molecule has 120 valence electrons. The number of nitrogens with zero attached hydrogens (tertiary/aromatic N) is 2. The third kappa shape index (κ3) is 2.83. The van der Waals surface area contributed by atoms with Crippen LogP contribution in [0.3, 0.4) is 0 Å². The predicted octanol–water partition coefficient (Wildman–Crippen LogP) is 2.05. The van der Waals surface area contributed by atoms with E-state index >= 15 is 0 Å². The van der Waals surface area contributed by atoms with Gasteiger partial charge in [0.1, 0.15) is 6.61 Å². The predicted molar refractivity (Wildman–Crippen MR) is 83.3 cm³/mol. The lowest BCUT2D eigenvalue weighted by Gasteiger charge is -2.51. The number of amides is 1. The Labute approximate surface area is 131 Å². The molecule has 1 unspecified atom stereocenters. The van der Waals surface area contributed by atoms with Crippen LogP contribution in [0, 0.1) is 0 Å².